The fourth-order valence-electron chi connectivity index (χ4n) is 1.32. The summed E-state index contributed by atoms with van der Waals surface area (Å²) in [5.41, 5.74) is 1.53. The molecule has 3 nitrogen and oxygen atoms in total. The third-order valence-corrected chi connectivity index (χ3v) is 2.32. The molecular weight excluding hydrogens is 200 g/mol. The smallest absolute Gasteiger partial charge is 0.221 e. The van der Waals surface area contributed by atoms with E-state index in [2.05, 4.69) is 16.5 Å². The molecule has 0 aliphatic carbocycles. The molecule has 1 heterocycles. The van der Waals surface area contributed by atoms with E-state index in [0.29, 0.717) is 10.7 Å². The Bertz CT molecular complexity index is 490. The summed E-state index contributed by atoms with van der Waals surface area (Å²) >= 11 is 6.07. The number of aromatic amines is 1. The Morgan fingerprint density at radius 2 is 2.36 bits per heavy atom. The Kier molecular flexibility index (Phi) is 2.17. The molecular formula is C10H8ClN2O. The minimum absolute atomic E-state index is 0.134. The number of benzene rings is 1. The highest BCUT2D eigenvalue weighted by Crippen LogP contribution is 2.30. The lowest BCUT2D eigenvalue weighted by Gasteiger charge is -2.04. The van der Waals surface area contributed by atoms with Crippen LogP contribution in [0.4, 0.5) is 5.69 Å². The third-order valence-electron chi connectivity index (χ3n) is 1.91. The van der Waals surface area contributed by atoms with Crippen LogP contribution in [0.2, 0.25) is 5.02 Å². The molecule has 1 aromatic heterocycles. The lowest BCUT2D eigenvalue weighted by atomic mass is 10.2. The number of carbonyl (C=O) groups is 1. The van der Waals surface area contributed by atoms with Crippen LogP contribution in [0, 0.1) is 6.20 Å². The van der Waals surface area contributed by atoms with Gasteiger partial charge in [-0.15, -0.1) is 0 Å². The van der Waals surface area contributed by atoms with Gasteiger partial charge >= 0.3 is 0 Å². The van der Waals surface area contributed by atoms with Crippen molar-refractivity contribution in [3.05, 3.63) is 29.4 Å². The zero-order valence-corrected chi connectivity index (χ0v) is 8.27. The number of rotatable bonds is 1. The monoisotopic (exact) mass is 207 g/mol. The third kappa shape index (κ3) is 1.46. The number of H-pyrrole nitrogens is 1. The average molecular weight is 208 g/mol. The van der Waals surface area contributed by atoms with Gasteiger partial charge in [-0.05, 0) is 18.2 Å². The molecule has 71 valence electrons. The van der Waals surface area contributed by atoms with Gasteiger partial charge in [0.2, 0.25) is 5.91 Å². The van der Waals surface area contributed by atoms with E-state index in [1.165, 1.54) is 6.92 Å². The van der Waals surface area contributed by atoms with Crippen LogP contribution in [0.5, 0.6) is 0 Å². The minimum atomic E-state index is -0.134. The fourth-order valence-corrected chi connectivity index (χ4v) is 1.58. The SMILES string of the molecule is CC(=O)Nc1ccc2[nH][c]cc2c1Cl. The first-order valence-electron chi connectivity index (χ1n) is 4.13. The summed E-state index contributed by atoms with van der Waals surface area (Å²) in [5, 5.41) is 4.05. The van der Waals surface area contributed by atoms with Crippen molar-refractivity contribution in [1.29, 1.82) is 0 Å². The number of hydrogen-bond donors (Lipinski definition) is 2. The quantitative estimate of drug-likeness (QED) is 0.742. The molecule has 4 heteroatoms. The van der Waals surface area contributed by atoms with Crippen LogP contribution in [0.1, 0.15) is 6.92 Å². The summed E-state index contributed by atoms with van der Waals surface area (Å²) in [4.78, 5) is 13.8. The van der Waals surface area contributed by atoms with Crippen molar-refractivity contribution in [3.63, 3.8) is 0 Å². The standard InChI is InChI=1S/C10H8ClN2O/c1-6(14)13-9-3-2-8-7(10(9)11)4-5-12-8/h2-4,12H,1H3,(H,13,14). The maximum Gasteiger partial charge on any atom is 0.221 e. The van der Waals surface area contributed by atoms with Gasteiger partial charge in [-0.3, -0.25) is 4.79 Å². The van der Waals surface area contributed by atoms with E-state index < -0.39 is 0 Å². The number of fused-ring (bicyclic) bond motifs is 1. The molecule has 0 aliphatic heterocycles. The van der Waals surface area contributed by atoms with Crippen molar-refractivity contribution in [1.82, 2.24) is 4.98 Å². The molecule has 0 atom stereocenters. The van der Waals surface area contributed by atoms with E-state index in [9.17, 15) is 4.79 Å². The van der Waals surface area contributed by atoms with Gasteiger partial charge in [0, 0.05) is 17.8 Å². The van der Waals surface area contributed by atoms with Gasteiger partial charge in [-0.2, -0.15) is 0 Å². The van der Waals surface area contributed by atoms with E-state index in [4.69, 9.17) is 11.6 Å². The summed E-state index contributed by atoms with van der Waals surface area (Å²) in [6.07, 6.45) is 2.84. The summed E-state index contributed by atoms with van der Waals surface area (Å²) in [6.45, 7) is 1.45. The Balaban J connectivity index is 2.56. The highest BCUT2D eigenvalue weighted by molar-refractivity contribution is 6.38. The molecule has 0 saturated carbocycles. The molecule has 1 amide bonds. The second-order valence-corrected chi connectivity index (χ2v) is 3.36. The van der Waals surface area contributed by atoms with E-state index >= 15 is 0 Å². The molecule has 0 unspecified atom stereocenters. The Labute approximate surface area is 86.1 Å². The molecule has 1 radical (unpaired) electrons. The molecule has 2 N–H and O–H groups in total. The first-order chi connectivity index (χ1) is 6.68. The first kappa shape index (κ1) is 9.09. The van der Waals surface area contributed by atoms with Gasteiger partial charge in [-0.1, -0.05) is 11.6 Å². The maximum atomic E-state index is 10.9. The number of amides is 1. The number of halogens is 1. The molecule has 0 spiro atoms. The predicted molar refractivity (Wildman–Crippen MR) is 56.4 cm³/mol. The predicted octanol–water partition coefficient (Wildman–Crippen LogP) is 2.58. The van der Waals surface area contributed by atoms with Gasteiger partial charge in [0.1, 0.15) is 0 Å². The van der Waals surface area contributed by atoms with Crippen molar-refractivity contribution < 1.29 is 4.79 Å². The minimum Gasteiger partial charge on any atom is -0.353 e. The number of aromatic nitrogens is 1. The van der Waals surface area contributed by atoms with Gasteiger partial charge in [0.05, 0.1) is 16.9 Å². The summed E-state index contributed by atoms with van der Waals surface area (Å²) in [7, 11) is 0. The van der Waals surface area contributed by atoms with Crippen LogP contribution < -0.4 is 5.32 Å². The number of anilines is 1. The van der Waals surface area contributed by atoms with Gasteiger partial charge < -0.3 is 10.3 Å². The molecule has 0 fully saturated rings. The Morgan fingerprint density at radius 1 is 1.57 bits per heavy atom. The summed E-state index contributed by atoms with van der Waals surface area (Å²) < 4.78 is 0. The second kappa shape index (κ2) is 3.35. The van der Waals surface area contributed by atoms with Crippen molar-refractivity contribution in [3.8, 4) is 0 Å². The summed E-state index contributed by atoms with van der Waals surface area (Å²) in [6, 6.07) is 5.36. The molecule has 14 heavy (non-hydrogen) atoms. The second-order valence-electron chi connectivity index (χ2n) is 2.98. The van der Waals surface area contributed by atoms with Crippen LogP contribution >= 0.6 is 11.6 Å². The van der Waals surface area contributed by atoms with Crippen molar-refractivity contribution in [2.45, 2.75) is 6.92 Å². The average Bonchev–Trinajstić information content (AvgIpc) is 2.57. The molecule has 2 rings (SSSR count). The molecule has 2 aromatic rings. The van der Waals surface area contributed by atoms with E-state index in [1.807, 2.05) is 6.07 Å². The van der Waals surface area contributed by atoms with Crippen molar-refractivity contribution in [2.75, 3.05) is 5.32 Å². The maximum absolute atomic E-state index is 10.9. The molecule has 0 aliphatic rings. The van der Waals surface area contributed by atoms with Crippen LogP contribution in [0.3, 0.4) is 0 Å². The lowest BCUT2D eigenvalue weighted by Crippen LogP contribution is -2.05. The van der Waals surface area contributed by atoms with Crippen LogP contribution in [0.15, 0.2) is 18.2 Å². The van der Waals surface area contributed by atoms with E-state index in [0.717, 1.165) is 10.9 Å². The fraction of sp³-hybridized carbons (Fsp3) is 0.100. The van der Waals surface area contributed by atoms with Gasteiger partial charge in [0.25, 0.3) is 0 Å². The molecule has 0 bridgehead atoms. The van der Waals surface area contributed by atoms with E-state index in [1.54, 1.807) is 12.1 Å². The first-order valence-corrected chi connectivity index (χ1v) is 4.51. The highest BCUT2D eigenvalue weighted by Gasteiger charge is 2.06. The Morgan fingerprint density at radius 3 is 3.07 bits per heavy atom. The van der Waals surface area contributed by atoms with Crippen molar-refractivity contribution >= 4 is 34.1 Å². The van der Waals surface area contributed by atoms with Crippen molar-refractivity contribution in [2.24, 2.45) is 0 Å². The van der Waals surface area contributed by atoms with E-state index in [-0.39, 0.29) is 5.91 Å². The van der Waals surface area contributed by atoms with Crippen LogP contribution in [0.25, 0.3) is 10.9 Å². The zero-order valence-electron chi connectivity index (χ0n) is 7.52. The topological polar surface area (TPSA) is 44.9 Å². The number of hydrogen-bond acceptors (Lipinski definition) is 1. The van der Waals surface area contributed by atoms with Gasteiger partial charge in [0.15, 0.2) is 0 Å². The van der Waals surface area contributed by atoms with Gasteiger partial charge in [-0.25, -0.2) is 0 Å². The number of carbonyl (C=O) groups excluding carboxylic acids is 1. The normalized spacial score (nSPS) is 10.4. The molecule has 0 saturated heterocycles. The largest absolute Gasteiger partial charge is 0.353 e. The molecule has 1 aromatic carbocycles. The van der Waals surface area contributed by atoms with Crippen LogP contribution in [-0.4, -0.2) is 10.9 Å². The highest BCUT2D eigenvalue weighted by atomic mass is 35.5. The number of nitrogens with one attached hydrogen (secondary N) is 2. The lowest BCUT2D eigenvalue weighted by molar-refractivity contribution is -0.114. The zero-order chi connectivity index (χ0) is 10.1. The summed E-state index contributed by atoms with van der Waals surface area (Å²) in [5.74, 6) is -0.134. The Hall–Kier alpha value is -1.48. The van der Waals surface area contributed by atoms with Crippen LogP contribution in [-0.2, 0) is 4.79 Å².